The highest BCUT2D eigenvalue weighted by atomic mass is 32.1. The fraction of sp³-hybridized carbons (Fsp3) is 0.429. The second-order valence-corrected chi connectivity index (χ2v) is 2.34. The third kappa shape index (κ3) is 1.97. The lowest BCUT2D eigenvalue weighted by molar-refractivity contribution is -0.440. The Morgan fingerprint density at radius 1 is 1.82 bits per heavy atom. The van der Waals surface area contributed by atoms with Crippen molar-refractivity contribution in [3.8, 4) is 0 Å². The molecular weight excluding hydrogens is 158 g/mol. The van der Waals surface area contributed by atoms with Crippen LogP contribution in [0.3, 0.4) is 0 Å². The monoisotopic (exact) mass is 168 g/mol. The SMILES string of the molecule is CCC[N+](=C=S)c1ncc[nH]1. The van der Waals surface area contributed by atoms with E-state index in [1.165, 1.54) is 0 Å². The van der Waals surface area contributed by atoms with Gasteiger partial charge in [0.2, 0.25) is 0 Å². The summed E-state index contributed by atoms with van der Waals surface area (Å²) in [5, 5.41) is 2.63. The van der Waals surface area contributed by atoms with Crippen LogP contribution in [0, 0.1) is 0 Å². The highest BCUT2D eigenvalue weighted by molar-refractivity contribution is 7.78. The summed E-state index contributed by atoms with van der Waals surface area (Å²) < 4.78 is 1.79. The molecule has 1 aromatic heterocycles. The zero-order chi connectivity index (χ0) is 8.10. The van der Waals surface area contributed by atoms with Crippen LogP contribution >= 0.6 is 12.2 Å². The van der Waals surface area contributed by atoms with Crippen molar-refractivity contribution in [3.63, 3.8) is 0 Å². The van der Waals surface area contributed by atoms with E-state index >= 15 is 0 Å². The molecule has 0 aliphatic heterocycles. The normalized spacial score (nSPS) is 9.18. The minimum absolute atomic E-state index is 0.766. The molecule has 1 N–H and O–H groups in total. The number of H-pyrrole nitrogens is 1. The first-order valence-electron chi connectivity index (χ1n) is 3.53. The maximum atomic E-state index is 4.70. The number of thiocarbonyl (C=S) groups is 1. The van der Waals surface area contributed by atoms with Crippen molar-refractivity contribution < 1.29 is 4.58 Å². The average Bonchev–Trinajstić information content (AvgIpc) is 2.52. The van der Waals surface area contributed by atoms with Gasteiger partial charge in [-0.1, -0.05) is 11.9 Å². The van der Waals surface area contributed by atoms with Gasteiger partial charge in [-0.15, -0.1) is 0 Å². The largest absolute Gasteiger partial charge is 0.404 e. The Morgan fingerprint density at radius 3 is 3.09 bits per heavy atom. The highest BCUT2D eigenvalue weighted by Crippen LogP contribution is 2.00. The van der Waals surface area contributed by atoms with Crippen molar-refractivity contribution in [3.05, 3.63) is 12.4 Å². The van der Waals surface area contributed by atoms with E-state index < -0.39 is 0 Å². The van der Waals surface area contributed by atoms with Crippen LogP contribution in [0.2, 0.25) is 0 Å². The van der Waals surface area contributed by atoms with Gasteiger partial charge in [-0.2, -0.15) is 4.58 Å². The fourth-order valence-corrected chi connectivity index (χ4v) is 1.00. The molecule has 0 radical (unpaired) electrons. The lowest BCUT2D eigenvalue weighted by Gasteiger charge is -1.93. The van der Waals surface area contributed by atoms with Crippen LogP contribution in [0.25, 0.3) is 0 Å². The van der Waals surface area contributed by atoms with Gasteiger partial charge in [0.1, 0.15) is 11.4 Å². The van der Waals surface area contributed by atoms with E-state index in [1.807, 2.05) is 0 Å². The van der Waals surface area contributed by atoms with Gasteiger partial charge in [0, 0.05) is 12.2 Å². The molecule has 0 saturated carbocycles. The van der Waals surface area contributed by atoms with Crippen molar-refractivity contribution >= 4 is 23.3 Å². The zero-order valence-corrected chi connectivity index (χ0v) is 7.19. The Kier molecular flexibility index (Phi) is 2.95. The van der Waals surface area contributed by atoms with Crippen LogP contribution in [0.5, 0.6) is 0 Å². The fourth-order valence-electron chi connectivity index (χ4n) is 0.823. The van der Waals surface area contributed by atoms with Gasteiger partial charge >= 0.3 is 5.95 Å². The first-order valence-corrected chi connectivity index (χ1v) is 3.94. The summed E-state index contributed by atoms with van der Waals surface area (Å²) in [7, 11) is 0. The van der Waals surface area contributed by atoms with E-state index in [0.717, 1.165) is 18.9 Å². The smallest absolute Gasteiger partial charge is 0.245 e. The van der Waals surface area contributed by atoms with Crippen molar-refractivity contribution in [2.45, 2.75) is 13.3 Å². The van der Waals surface area contributed by atoms with E-state index in [9.17, 15) is 0 Å². The van der Waals surface area contributed by atoms with Gasteiger partial charge in [0.15, 0.2) is 0 Å². The molecule has 3 nitrogen and oxygen atoms in total. The molecule has 0 aromatic carbocycles. The molecule has 0 fully saturated rings. The van der Waals surface area contributed by atoms with Crippen LogP contribution in [0.15, 0.2) is 12.4 Å². The van der Waals surface area contributed by atoms with Crippen molar-refractivity contribution in [1.29, 1.82) is 0 Å². The number of hydrogen-bond donors (Lipinski definition) is 1. The number of imidazole rings is 1. The van der Waals surface area contributed by atoms with E-state index in [1.54, 1.807) is 17.0 Å². The maximum Gasteiger partial charge on any atom is 0.404 e. The maximum absolute atomic E-state index is 4.70. The molecule has 0 spiro atoms. The number of rotatable bonds is 3. The predicted octanol–water partition coefficient (Wildman–Crippen LogP) is 1.57. The van der Waals surface area contributed by atoms with Crippen LogP contribution < -0.4 is 0 Å². The summed E-state index contributed by atoms with van der Waals surface area (Å²) in [6, 6.07) is 0. The molecule has 0 aliphatic carbocycles. The lowest BCUT2D eigenvalue weighted by Crippen LogP contribution is -2.05. The lowest BCUT2D eigenvalue weighted by atomic mass is 10.5. The quantitative estimate of drug-likeness (QED) is 0.422. The summed E-state index contributed by atoms with van der Waals surface area (Å²) >= 11 is 4.70. The molecule has 0 atom stereocenters. The molecule has 1 heterocycles. The predicted molar refractivity (Wildman–Crippen MR) is 46.3 cm³/mol. The average molecular weight is 168 g/mol. The van der Waals surface area contributed by atoms with Crippen molar-refractivity contribution in [2.24, 2.45) is 0 Å². The number of nitrogens with zero attached hydrogens (tertiary/aromatic N) is 2. The Labute approximate surface area is 70.8 Å². The molecule has 58 valence electrons. The minimum atomic E-state index is 0.766. The number of nitrogens with one attached hydrogen (secondary N) is 1. The zero-order valence-electron chi connectivity index (χ0n) is 6.37. The van der Waals surface area contributed by atoms with Crippen LogP contribution in [-0.4, -0.2) is 26.2 Å². The summed E-state index contributed by atoms with van der Waals surface area (Å²) in [5.74, 6) is 0.766. The van der Waals surface area contributed by atoms with E-state index in [0.29, 0.717) is 0 Å². The van der Waals surface area contributed by atoms with Crippen molar-refractivity contribution in [2.75, 3.05) is 6.54 Å². The molecule has 0 saturated heterocycles. The van der Waals surface area contributed by atoms with Crippen molar-refractivity contribution in [1.82, 2.24) is 9.97 Å². The molecule has 0 unspecified atom stereocenters. The number of isothiocyanates is 1. The summed E-state index contributed by atoms with van der Waals surface area (Å²) in [4.78, 5) is 7.01. The molecule has 0 amide bonds. The Hall–Kier alpha value is -0.990. The molecule has 0 bridgehead atoms. The molecule has 1 rings (SSSR count). The third-order valence-corrected chi connectivity index (χ3v) is 1.52. The number of hydrogen-bond acceptors (Lipinski definition) is 2. The standard InChI is InChI=1S/C7H10N3S/c1-2-5-10(6-11)7-8-3-4-9-7/h3-4H,2,5H2,1H3,(H,8,9)/q+1. The van der Waals surface area contributed by atoms with Gasteiger partial charge in [0.25, 0.3) is 0 Å². The van der Waals surface area contributed by atoms with Gasteiger partial charge in [0.05, 0.1) is 12.7 Å². The third-order valence-electron chi connectivity index (χ3n) is 1.30. The van der Waals surface area contributed by atoms with Gasteiger partial charge < -0.3 is 0 Å². The summed E-state index contributed by atoms with van der Waals surface area (Å²) in [5.41, 5.74) is 0. The van der Waals surface area contributed by atoms with Gasteiger partial charge in [-0.25, -0.2) is 4.98 Å². The second kappa shape index (κ2) is 4.01. The minimum Gasteiger partial charge on any atom is -0.245 e. The van der Waals surface area contributed by atoms with E-state index in [4.69, 9.17) is 12.2 Å². The van der Waals surface area contributed by atoms with E-state index in [2.05, 4.69) is 22.1 Å². The van der Waals surface area contributed by atoms with Crippen LogP contribution in [0.1, 0.15) is 13.3 Å². The molecule has 0 aliphatic rings. The van der Waals surface area contributed by atoms with Crippen LogP contribution in [-0.2, 0) is 0 Å². The van der Waals surface area contributed by atoms with Gasteiger partial charge in [-0.05, 0) is 6.42 Å². The first kappa shape index (κ1) is 8.11. The number of aromatic nitrogens is 2. The van der Waals surface area contributed by atoms with E-state index in [-0.39, 0.29) is 0 Å². The molecule has 1 aromatic rings. The van der Waals surface area contributed by atoms with Crippen LogP contribution in [0.4, 0.5) is 5.95 Å². The Morgan fingerprint density at radius 2 is 2.64 bits per heavy atom. The first-order chi connectivity index (χ1) is 5.38. The Balaban J connectivity index is 2.81. The Bertz CT molecular complexity index is 259. The second-order valence-electron chi connectivity index (χ2n) is 2.16. The topological polar surface area (TPSA) is 31.7 Å². The molecule has 11 heavy (non-hydrogen) atoms. The molecular formula is C7H10N3S+. The summed E-state index contributed by atoms with van der Waals surface area (Å²) in [6.45, 7) is 2.94. The number of aromatic amines is 1. The van der Waals surface area contributed by atoms with Gasteiger partial charge in [-0.3, -0.25) is 0 Å². The molecule has 4 heteroatoms. The highest BCUT2D eigenvalue weighted by Gasteiger charge is 2.06. The summed E-state index contributed by atoms with van der Waals surface area (Å²) in [6.07, 6.45) is 4.50.